The zero-order valence-electron chi connectivity index (χ0n) is 27.6. The van der Waals surface area contributed by atoms with Gasteiger partial charge >= 0.3 is 72.0 Å². The third-order valence-corrected chi connectivity index (χ3v) is 7.91. The number of hydrogen-bond acceptors (Lipinski definition) is 11. The van der Waals surface area contributed by atoms with Crippen LogP contribution < -0.4 is 0 Å². The first kappa shape index (κ1) is 54.7. The molecule has 0 amide bonds. The van der Waals surface area contributed by atoms with Gasteiger partial charge in [0.05, 0.1) is 32.7 Å². The number of alkyl halides is 21. The van der Waals surface area contributed by atoms with Gasteiger partial charge < -0.3 is 28.4 Å². The van der Waals surface area contributed by atoms with Crippen molar-refractivity contribution in [3.63, 3.8) is 0 Å². The first-order valence-electron chi connectivity index (χ1n) is 14.2. The molecule has 0 aliphatic carbocycles. The van der Waals surface area contributed by atoms with Crippen LogP contribution in [0, 0.1) is 0 Å². The van der Waals surface area contributed by atoms with Crippen molar-refractivity contribution in [2.45, 2.75) is 71.7 Å². The molecule has 0 saturated carbocycles. The maximum Gasteiger partial charge on any atom is 0.459 e. The molecule has 34 heteroatoms. The molecule has 0 spiro atoms. The van der Waals surface area contributed by atoms with Gasteiger partial charge in [0.2, 0.25) is 4.75 Å². The van der Waals surface area contributed by atoms with Crippen molar-refractivity contribution in [1.29, 1.82) is 0 Å². The van der Waals surface area contributed by atoms with Gasteiger partial charge in [-0.05, 0) is 0 Å². The van der Waals surface area contributed by atoms with Gasteiger partial charge in [-0.25, -0.2) is 0 Å². The molecule has 0 bridgehead atoms. The number of hydrogen-bond donors (Lipinski definition) is 1. The van der Waals surface area contributed by atoms with E-state index in [1.165, 1.54) is 0 Å². The second-order valence-corrected chi connectivity index (χ2v) is 12.6. The van der Waals surface area contributed by atoms with Crippen molar-refractivity contribution in [3.05, 3.63) is 0 Å². The Labute approximate surface area is 307 Å². The van der Waals surface area contributed by atoms with E-state index >= 15 is 0 Å². The summed E-state index contributed by atoms with van der Waals surface area (Å²) in [5, 5.41) is 0. The molecule has 0 fully saturated rings. The van der Waals surface area contributed by atoms with Gasteiger partial charge in [-0.1, -0.05) is 0 Å². The van der Waals surface area contributed by atoms with Crippen LogP contribution in [0.15, 0.2) is 0 Å². The van der Waals surface area contributed by atoms with E-state index in [4.69, 9.17) is 0 Å². The summed E-state index contributed by atoms with van der Waals surface area (Å²) >= 11 is 0. The summed E-state index contributed by atoms with van der Waals surface area (Å²) < 4.78 is 322. The Kier molecular flexibility index (Phi) is 17.9. The lowest BCUT2D eigenvalue weighted by molar-refractivity contribution is -0.361. The monoisotopic (exact) mass is 934 g/mol. The maximum atomic E-state index is 13.4. The van der Waals surface area contributed by atoms with Crippen LogP contribution in [0.2, 0.25) is 0 Å². The fourth-order valence-corrected chi connectivity index (χ4v) is 4.18. The summed E-state index contributed by atoms with van der Waals surface area (Å²) in [6, 6.07) is 0. The quantitative estimate of drug-likeness (QED) is 0.0422. The molecule has 0 aromatic carbocycles. The van der Waals surface area contributed by atoms with E-state index in [2.05, 4.69) is 28.4 Å². The molecule has 0 unspecified atom stereocenters. The molecule has 1 N–H and O–H groups in total. The molecule has 0 aliphatic rings. The summed E-state index contributed by atoms with van der Waals surface area (Å²) in [6.07, 6.45) is -25.0. The molecule has 0 rings (SSSR count). The van der Waals surface area contributed by atoms with E-state index in [1.54, 1.807) is 0 Å². The fraction of sp³-hybridized carbons (Fsp3) is 0.875. The summed E-state index contributed by atoms with van der Waals surface area (Å²) in [6.45, 7) is -17.7. The summed E-state index contributed by atoms with van der Waals surface area (Å²) in [4.78, 5) is 37.4. The zero-order valence-corrected chi connectivity index (χ0v) is 28.4. The largest absolute Gasteiger partial charge is 0.463 e. The average Bonchev–Trinajstić information content (AvgIpc) is 3.01. The van der Waals surface area contributed by atoms with Crippen LogP contribution in [0.4, 0.5) is 92.2 Å². The Morgan fingerprint density at radius 2 is 0.655 bits per heavy atom. The number of ether oxygens (including phenoxy) is 6. The third kappa shape index (κ3) is 13.4. The minimum Gasteiger partial charge on any atom is -0.463 e. The molecule has 0 heterocycles. The molecule has 0 aromatic rings. The predicted molar refractivity (Wildman–Crippen MR) is 137 cm³/mol. The zero-order chi connectivity index (χ0) is 46.3. The molecular weight excluding hydrogens is 911 g/mol. The Bertz CT molecular complexity index is 1430. The highest BCUT2D eigenvalue weighted by Gasteiger charge is 2.75. The number of rotatable bonds is 24. The highest BCUT2D eigenvalue weighted by molar-refractivity contribution is 7.88. The Morgan fingerprint density at radius 1 is 0.414 bits per heavy atom. The lowest BCUT2D eigenvalue weighted by Gasteiger charge is -2.28. The third-order valence-electron chi connectivity index (χ3n) is 6.46. The average molecular weight is 934 g/mol. The van der Waals surface area contributed by atoms with Gasteiger partial charge in [0.1, 0.15) is 39.6 Å². The molecule has 0 aliphatic heterocycles. The smallest absolute Gasteiger partial charge is 0.459 e. The van der Waals surface area contributed by atoms with E-state index in [0.717, 1.165) is 0 Å². The van der Waals surface area contributed by atoms with Gasteiger partial charge in [0.15, 0.2) is 0 Å². The second kappa shape index (κ2) is 19.0. The predicted octanol–water partition coefficient (Wildman–Crippen LogP) is 5.57. The highest BCUT2D eigenvalue weighted by Crippen LogP contribution is 2.48. The minimum atomic E-state index is -6.84. The molecule has 12 nitrogen and oxygen atoms in total. The molecular formula is C24H23F21O12S. The number of halogens is 21. The summed E-state index contributed by atoms with van der Waals surface area (Å²) in [5.74, 6) is -45.0. The SMILES string of the molecule is O=C(CC(CC(=O)OCCOCC(F)(F)C(F)(F)C(F)(F)F)(C(=O)OCCOCC(F)(F)C(F)(F)C(F)(F)F)S(=O)(=O)O)OCCOCC(F)(F)C(F)(F)C(F)(F)F. The van der Waals surface area contributed by atoms with Crippen molar-refractivity contribution in [2.75, 3.05) is 59.5 Å². The van der Waals surface area contributed by atoms with E-state index in [0.29, 0.717) is 0 Å². The van der Waals surface area contributed by atoms with E-state index in [9.17, 15) is 120 Å². The van der Waals surface area contributed by atoms with Gasteiger partial charge in [-0.15, -0.1) is 0 Å². The second-order valence-electron chi connectivity index (χ2n) is 10.9. The lowest BCUT2D eigenvalue weighted by Crippen LogP contribution is -2.54. The van der Waals surface area contributed by atoms with E-state index in [1.807, 2.05) is 0 Å². The van der Waals surface area contributed by atoms with E-state index < -0.39 is 159 Å². The topological polar surface area (TPSA) is 161 Å². The van der Waals surface area contributed by atoms with Crippen molar-refractivity contribution in [3.8, 4) is 0 Å². The standard InChI is InChI=1S/C24H23F21O12S/c25-16(26,19(31,32)22(37,38)39)9-52-1-4-55-12(46)7-15(58(49,50)51,14(48)57-6-3-54-11-18(29,30)21(35,36)24(43,44)45)8-13(47)56-5-2-53-10-17(27,28)20(33,34)23(40,41)42/h1-11H2,(H,49,50,51). The highest BCUT2D eigenvalue weighted by atomic mass is 32.2. The van der Waals surface area contributed by atoms with Crippen molar-refractivity contribution < 1.29 is 148 Å². The van der Waals surface area contributed by atoms with Gasteiger partial charge in [0.25, 0.3) is 10.1 Å². The van der Waals surface area contributed by atoms with E-state index in [-0.39, 0.29) is 0 Å². The van der Waals surface area contributed by atoms with Crippen molar-refractivity contribution in [1.82, 2.24) is 0 Å². The van der Waals surface area contributed by atoms with Crippen LogP contribution >= 0.6 is 0 Å². The van der Waals surface area contributed by atoms with Crippen LogP contribution in [0.25, 0.3) is 0 Å². The molecule has 58 heavy (non-hydrogen) atoms. The minimum absolute atomic E-state index is 1.52. The molecule has 0 aromatic heterocycles. The maximum absolute atomic E-state index is 13.4. The first-order chi connectivity index (χ1) is 25.6. The lowest BCUT2D eigenvalue weighted by atomic mass is 10.0. The van der Waals surface area contributed by atoms with Gasteiger partial charge in [0, 0.05) is 0 Å². The van der Waals surface area contributed by atoms with Crippen molar-refractivity contribution >= 4 is 28.0 Å². The van der Waals surface area contributed by atoms with Gasteiger partial charge in [-0.3, -0.25) is 18.9 Å². The Hall–Kier alpha value is -3.27. The molecule has 0 saturated heterocycles. The Morgan fingerprint density at radius 3 is 0.879 bits per heavy atom. The van der Waals surface area contributed by atoms with Crippen LogP contribution in [-0.4, -0.2) is 149 Å². The van der Waals surface area contributed by atoms with Crippen LogP contribution in [0.1, 0.15) is 12.8 Å². The fourth-order valence-electron chi connectivity index (χ4n) is 3.31. The normalized spacial score (nSPS) is 14.7. The van der Waals surface area contributed by atoms with Gasteiger partial charge in [-0.2, -0.15) is 101 Å². The Balaban J connectivity index is 5.98. The number of esters is 3. The van der Waals surface area contributed by atoms with Crippen LogP contribution in [-0.2, 0) is 52.9 Å². The molecule has 0 atom stereocenters. The van der Waals surface area contributed by atoms with Crippen LogP contribution in [0.5, 0.6) is 0 Å². The van der Waals surface area contributed by atoms with Crippen LogP contribution in [0.3, 0.4) is 0 Å². The first-order valence-corrected chi connectivity index (χ1v) is 15.7. The molecule has 0 radical (unpaired) electrons. The van der Waals surface area contributed by atoms with Crippen molar-refractivity contribution in [2.24, 2.45) is 0 Å². The molecule has 344 valence electrons. The number of carbonyl (C=O) groups is 3. The summed E-state index contributed by atoms with van der Waals surface area (Å²) in [7, 11) is -6.39. The number of carbonyl (C=O) groups excluding carboxylic acids is 3. The summed E-state index contributed by atoms with van der Waals surface area (Å²) in [5.41, 5.74) is 0.